The number of carbonyl (C=O) groups excluding carboxylic acids is 4. The van der Waals surface area contributed by atoms with Crippen LogP contribution in [0.25, 0.3) is 21.2 Å². The van der Waals surface area contributed by atoms with Gasteiger partial charge in [0.25, 0.3) is 5.91 Å². The summed E-state index contributed by atoms with van der Waals surface area (Å²) in [6.07, 6.45) is 4.20. The van der Waals surface area contributed by atoms with Gasteiger partial charge in [0.05, 0.1) is 16.3 Å². The van der Waals surface area contributed by atoms with Gasteiger partial charge in [0.15, 0.2) is 23.1 Å². The molecule has 3 unspecified atom stereocenters. The number of nitrogens with zero attached hydrogens (tertiary/aromatic N) is 3. The number of imide groups is 1. The molecule has 5 aliphatic heterocycles. The van der Waals surface area contributed by atoms with Crippen LogP contribution >= 0.6 is 11.3 Å². The van der Waals surface area contributed by atoms with Gasteiger partial charge in [-0.1, -0.05) is 42.5 Å². The van der Waals surface area contributed by atoms with Crippen molar-refractivity contribution in [3.63, 3.8) is 0 Å². The second kappa shape index (κ2) is 18.2. The van der Waals surface area contributed by atoms with Gasteiger partial charge < -0.3 is 30.5 Å². The van der Waals surface area contributed by atoms with Gasteiger partial charge in [0, 0.05) is 60.0 Å². The molecule has 5 N–H and O–H groups in total. The minimum absolute atomic E-state index is 0.0169. The molecule has 20 heteroatoms. The standard InChI is InChI=1S/C49H47FN6O11S2/c50-42-43(67-24-40(58)59)45(48(62)63)68-44(42)28-5-2-7-30(21-28)51-31-22-32-10-11-33(23-31)56(32)69(65,66)25-26-4-1-6-29(20-26)52-49(64)54-18-16-27(17-19-54)34-12-13-37-41-35(34)8-3-9-36(41)47(61)55(37)38-14-15-39(57)53-46(38)60/h1-9,12-13,20-21,27,31-33,38,51H,10-11,14-19,22-25H2,(H,52,64)(H,58,59)(H,62,63)(H,53,57,60). The number of urea groups is 1. The molecule has 17 nitrogen and oxygen atoms in total. The highest BCUT2D eigenvalue weighted by Crippen LogP contribution is 2.45. The third-order valence-electron chi connectivity index (χ3n) is 13.9. The van der Waals surface area contributed by atoms with Gasteiger partial charge >= 0.3 is 18.0 Å². The van der Waals surface area contributed by atoms with Crippen LogP contribution in [0, 0.1) is 5.82 Å². The minimum Gasteiger partial charge on any atom is -0.479 e. The van der Waals surface area contributed by atoms with Gasteiger partial charge in [-0.2, -0.15) is 4.31 Å². The lowest BCUT2D eigenvalue weighted by Gasteiger charge is -2.38. The van der Waals surface area contributed by atoms with Crippen molar-refractivity contribution in [1.82, 2.24) is 14.5 Å². The van der Waals surface area contributed by atoms with Crippen molar-refractivity contribution in [2.45, 2.75) is 87.2 Å². The number of nitrogens with one attached hydrogen (secondary N) is 3. The van der Waals surface area contributed by atoms with Crippen molar-refractivity contribution in [2.24, 2.45) is 0 Å². The number of aromatic carboxylic acids is 1. The van der Waals surface area contributed by atoms with Crippen molar-refractivity contribution in [2.75, 3.05) is 35.2 Å². The number of benzene rings is 4. The number of aliphatic carboxylic acids is 1. The van der Waals surface area contributed by atoms with Crippen molar-refractivity contribution < 1.29 is 56.5 Å². The van der Waals surface area contributed by atoms with E-state index in [9.17, 15) is 42.3 Å². The Morgan fingerprint density at radius 3 is 2.32 bits per heavy atom. The number of carbonyl (C=O) groups is 6. The number of carboxylic acids is 2. The number of hydrogen-bond acceptors (Lipinski definition) is 11. The van der Waals surface area contributed by atoms with E-state index in [1.165, 1.54) is 4.90 Å². The molecule has 0 saturated carbocycles. The van der Waals surface area contributed by atoms with Crippen molar-refractivity contribution in [3.05, 3.63) is 106 Å². The Morgan fingerprint density at radius 1 is 0.870 bits per heavy atom. The second-order valence-electron chi connectivity index (χ2n) is 18.2. The van der Waals surface area contributed by atoms with E-state index in [-0.39, 0.29) is 65.4 Å². The van der Waals surface area contributed by atoms with Crippen LogP contribution in [-0.4, -0.2) is 107 Å². The molecule has 358 valence electrons. The monoisotopic (exact) mass is 978 g/mol. The summed E-state index contributed by atoms with van der Waals surface area (Å²) in [5.41, 5.74) is 4.25. The third kappa shape index (κ3) is 8.76. The number of likely N-dealkylation sites (tertiary alicyclic amines) is 1. The summed E-state index contributed by atoms with van der Waals surface area (Å²) in [6.45, 7) is 0.0445. The molecule has 4 fully saturated rings. The first-order valence-corrected chi connectivity index (χ1v) is 25.2. The molecule has 6 heterocycles. The number of piperidine rings is 3. The quantitative estimate of drug-likeness (QED) is 0.0753. The number of hydrogen-bond donors (Lipinski definition) is 5. The molecule has 0 spiro atoms. The van der Waals surface area contributed by atoms with Crippen LogP contribution in [0.2, 0.25) is 0 Å². The minimum atomic E-state index is -3.77. The summed E-state index contributed by atoms with van der Waals surface area (Å²) in [4.78, 5) is 77.5. The molecular weight excluding hydrogens is 932 g/mol. The van der Waals surface area contributed by atoms with Crippen molar-refractivity contribution in [3.8, 4) is 16.2 Å². The van der Waals surface area contributed by atoms with E-state index in [2.05, 4.69) is 16.0 Å². The molecule has 1 aromatic heterocycles. The smallest absolute Gasteiger partial charge is 0.349 e. The Hall–Kier alpha value is -6.90. The van der Waals surface area contributed by atoms with Crippen molar-refractivity contribution >= 4 is 84.9 Å². The summed E-state index contributed by atoms with van der Waals surface area (Å²) in [5.74, 6) is -5.65. The fourth-order valence-corrected chi connectivity index (χ4v) is 13.9. The number of thiophene rings is 1. The number of rotatable bonds is 13. The molecule has 0 aliphatic carbocycles. The highest BCUT2D eigenvalue weighted by Gasteiger charge is 2.47. The van der Waals surface area contributed by atoms with Gasteiger partial charge in [-0.3, -0.25) is 24.6 Å². The molecule has 4 aromatic carbocycles. The first-order chi connectivity index (χ1) is 33.1. The van der Waals surface area contributed by atoms with E-state index >= 15 is 4.39 Å². The largest absolute Gasteiger partial charge is 0.479 e. The first kappa shape index (κ1) is 45.9. The Morgan fingerprint density at radius 2 is 1.59 bits per heavy atom. The Bertz CT molecular complexity index is 3070. The molecular formula is C49H47FN6O11S2. The van der Waals surface area contributed by atoms with Gasteiger partial charge in [-0.05, 0) is 109 Å². The van der Waals surface area contributed by atoms with Crippen LogP contribution in [0.1, 0.15) is 88.4 Å². The maximum absolute atomic E-state index is 15.4. The SMILES string of the molecule is O=C(O)COc1c(C(=O)O)sc(-c2cccc(NC3CC4CCC(C3)N4S(=O)(=O)Cc3cccc(NC(=O)N4CCC(c5ccc6c7c(cccc57)C(=O)N6C5CCC(=O)NC5=O)CC4)c3)c2)c1F. The Labute approximate surface area is 399 Å². The lowest BCUT2D eigenvalue weighted by atomic mass is 9.85. The predicted molar refractivity (Wildman–Crippen MR) is 254 cm³/mol. The van der Waals surface area contributed by atoms with Crippen LogP contribution in [0.15, 0.2) is 78.9 Å². The highest BCUT2D eigenvalue weighted by atomic mass is 32.2. The van der Waals surface area contributed by atoms with E-state index in [1.54, 1.807) is 63.8 Å². The van der Waals surface area contributed by atoms with E-state index in [0.29, 0.717) is 96.7 Å². The molecule has 10 rings (SSSR count). The average Bonchev–Trinajstić information content (AvgIpc) is 3.92. The number of sulfonamides is 1. The lowest BCUT2D eigenvalue weighted by molar-refractivity contribution is -0.139. The number of fused-ring (bicyclic) bond motifs is 2. The Balaban J connectivity index is 0.750. The molecule has 5 amide bonds. The van der Waals surface area contributed by atoms with Crippen LogP contribution in [0.3, 0.4) is 0 Å². The molecule has 69 heavy (non-hydrogen) atoms. The average molecular weight is 979 g/mol. The van der Waals surface area contributed by atoms with Gasteiger partial charge in [0.2, 0.25) is 21.8 Å². The molecule has 2 bridgehead atoms. The zero-order chi connectivity index (χ0) is 48.3. The fraction of sp³-hybridized carbons (Fsp3) is 0.347. The van der Waals surface area contributed by atoms with Gasteiger partial charge in [0.1, 0.15) is 6.04 Å². The molecule has 0 radical (unpaired) electrons. The number of ether oxygens (including phenoxy) is 1. The van der Waals surface area contributed by atoms with Crippen LogP contribution in [-0.2, 0) is 30.2 Å². The van der Waals surface area contributed by atoms with E-state index in [0.717, 1.165) is 16.3 Å². The van der Waals surface area contributed by atoms with Crippen LogP contribution in [0.4, 0.5) is 26.2 Å². The summed E-state index contributed by atoms with van der Waals surface area (Å²) in [6, 6.07) is 21.4. The lowest BCUT2D eigenvalue weighted by Crippen LogP contribution is -2.53. The zero-order valence-corrected chi connectivity index (χ0v) is 38.6. The maximum atomic E-state index is 15.4. The Kier molecular flexibility index (Phi) is 12.1. The highest BCUT2D eigenvalue weighted by molar-refractivity contribution is 7.88. The molecule has 3 atom stereocenters. The number of anilines is 3. The fourth-order valence-electron chi connectivity index (χ4n) is 10.9. The topological polar surface area (TPSA) is 232 Å². The van der Waals surface area contributed by atoms with Gasteiger partial charge in [-0.15, -0.1) is 11.3 Å². The number of halogens is 1. The van der Waals surface area contributed by atoms with Crippen LogP contribution in [0.5, 0.6) is 5.75 Å². The second-order valence-corrected chi connectivity index (χ2v) is 21.1. The maximum Gasteiger partial charge on any atom is 0.349 e. The summed E-state index contributed by atoms with van der Waals surface area (Å²) < 4.78 is 50.3. The normalized spacial score (nSPS) is 21.7. The molecule has 4 saturated heterocycles. The third-order valence-corrected chi connectivity index (χ3v) is 17.0. The summed E-state index contributed by atoms with van der Waals surface area (Å²) in [7, 11) is -3.77. The number of carboxylic acid groups (broad SMARTS) is 2. The molecule has 5 aromatic rings. The van der Waals surface area contributed by atoms with E-state index < -0.39 is 57.0 Å². The molecule has 5 aliphatic rings. The van der Waals surface area contributed by atoms with E-state index in [1.807, 2.05) is 24.3 Å². The summed E-state index contributed by atoms with van der Waals surface area (Å²) in [5, 5.41) is 29.1. The first-order valence-electron chi connectivity index (χ1n) is 22.8. The summed E-state index contributed by atoms with van der Waals surface area (Å²) >= 11 is 0.645. The van der Waals surface area contributed by atoms with Crippen LogP contribution < -0.4 is 25.6 Å². The van der Waals surface area contributed by atoms with Gasteiger partial charge in [-0.25, -0.2) is 27.2 Å². The van der Waals surface area contributed by atoms with Crippen molar-refractivity contribution in [1.29, 1.82) is 0 Å². The number of amides is 5. The zero-order valence-electron chi connectivity index (χ0n) is 37.0. The van der Waals surface area contributed by atoms with E-state index in [4.69, 9.17) is 9.84 Å². The predicted octanol–water partition coefficient (Wildman–Crippen LogP) is 6.98.